The van der Waals surface area contributed by atoms with Crippen LogP contribution in [-0.2, 0) is 13.6 Å². The van der Waals surface area contributed by atoms with Gasteiger partial charge in [0.1, 0.15) is 5.82 Å². The molecule has 0 unspecified atom stereocenters. The first-order chi connectivity index (χ1) is 6.27. The van der Waals surface area contributed by atoms with Gasteiger partial charge in [-0.2, -0.15) is 0 Å². The Hall–Kier alpha value is -1.78. The number of nitrogens with two attached hydrogens (primary N) is 1. The van der Waals surface area contributed by atoms with Gasteiger partial charge in [0, 0.05) is 31.8 Å². The number of imidazole rings is 2. The first-order valence-corrected chi connectivity index (χ1v) is 4.00. The molecule has 0 aromatic carbocycles. The minimum absolute atomic E-state index is 0.517. The molecule has 0 atom stereocenters. The maximum Gasteiger partial charge on any atom is 0.200 e. The Kier molecular flexibility index (Phi) is 1.77. The van der Waals surface area contributed by atoms with Crippen molar-refractivity contribution in [1.29, 1.82) is 0 Å². The molecule has 2 heterocycles. The van der Waals surface area contributed by atoms with Crippen molar-refractivity contribution < 1.29 is 0 Å². The van der Waals surface area contributed by atoms with Crippen molar-refractivity contribution >= 4 is 5.95 Å². The predicted molar refractivity (Wildman–Crippen MR) is 48.9 cm³/mol. The number of aromatic nitrogens is 4. The summed E-state index contributed by atoms with van der Waals surface area (Å²) in [7, 11) is 1.95. The number of hydrogen-bond acceptors (Lipinski definition) is 3. The molecule has 0 fully saturated rings. The molecule has 0 radical (unpaired) electrons. The van der Waals surface area contributed by atoms with E-state index in [1.807, 2.05) is 28.6 Å². The summed E-state index contributed by atoms with van der Waals surface area (Å²) < 4.78 is 3.81. The Morgan fingerprint density at radius 3 is 2.62 bits per heavy atom. The zero-order valence-electron chi connectivity index (χ0n) is 7.38. The average Bonchev–Trinajstić information content (AvgIpc) is 2.65. The summed E-state index contributed by atoms with van der Waals surface area (Å²) in [4.78, 5) is 8.12. The van der Waals surface area contributed by atoms with Crippen LogP contribution in [0.3, 0.4) is 0 Å². The first-order valence-electron chi connectivity index (χ1n) is 4.00. The molecule has 5 nitrogen and oxygen atoms in total. The lowest BCUT2D eigenvalue weighted by molar-refractivity contribution is 0.706. The van der Waals surface area contributed by atoms with E-state index in [0.717, 1.165) is 5.82 Å². The Labute approximate surface area is 75.8 Å². The third-order valence-electron chi connectivity index (χ3n) is 1.98. The van der Waals surface area contributed by atoms with Crippen molar-refractivity contribution in [2.45, 2.75) is 6.54 Å². The summed E-state index contributed by atoms with van der Waals surface area (Å²) in [6, 6.07) is 0. The first kappa shape index (κ1) is 7.85. The third-order valence-corrected chi connectivity index (χ3v) is 1.98. The highest BCUT2D eigenvalue weighted by Gasteiger charge is 2.02. The Balaban J connectivity index is 2.24. The number of rotatable bonds is 2. The van der Waals surface area contributed by atoms with Crippen molar-refractivity contribution in [1.82, 2.24) is 19.1 Å². The van der Waals surface area contributed by atoms with E-state index in [-0.39, 0.29) is 0 Å². The molecule has 0 aliphatic carbocycles. The lowest BCUT2D eigenvalue weighted by Gasteiger charge is -2.03. The van der Waals surface area contributed by atoms with Crippen LogP contribution < -0.4 is 5.73 Å². The molecule has 13 heavy (non-hydrogen) atoms. The van der Waals surface area contributed by atoms with Crippen molar-refractivity contribution in [3.05, 3.63) is 30.6 Å². The molecule has 2 rings (SSSR count). The molecule has 0 bridgehead atoms. The summed E-state index contributed by atoms with van der Waals surface area (Å²) in [6.45, 7) is 0.662. The zero-order chi connectivity index (χ0) is 9.26. The molecule has 0 saturated carbocycles. The molecular formula is C8H11N5. The van der Waals surface area contributed by atoms with Crippen LogP contribution in [0.5, 0.6) is 0 Å². The summed E-state index contributed by atoms with van der Waals surface area (Å²) in [5, 5.41) is 0. The van der Waals surface area contributed by atoms with E-state index in [1.165, 1.54) is 0 Å². The topological polar surface area (TPSA) is 61.7 Å². The van der Waals surface area contributed by atoms with Gasteiger partial charge in [-0.25, -0.2) is 9.97 Å². The van der Waals surface area contributed by atoms with Gasteiger partial charge in [0.25, 0.3) is 0 Å². The molecule has 0 aliphatic heterocycles. The number of nitrogen functional groups attached to an aromatic ring is 1. The van der Waals surface area contributed by atoms with Gasteiger partial charge in [-0.15, -0.1) is 0 Å². The molecule has 0 saturated heterocycles. The van der Waals surface area contributed by atoms with E-state index in [0.29, 0.717) is 12.5 Å². The minimum Gasteiger partial charge on any atom is -0.369 e. The molecule has 0 aliphatic rings. The highest BCUT2D eigenvalue weighted by molar-refractivity contribution is 5.17. The maximum atomic E-state index is 5.62. The fourth-order valence-corrected chi connectivity index (χ4v) is 1.18. The fraction of sp³-hybridized carbons (Fsp3) is 0.250. The molecule has 5 heteroatoms. The molecule has 68 valence electrons. The van der Waals surface area contributed by atoms with Gasteiger partial charge in [-0.05, 0) is 0 Å². The average molecular weight is 177 g/mol. The van der Waals surface area contributed by atoms with Crippen LogP contribution in [0.1, 0.15) is 5.82 Å². The second-order valence-corrected chi connectivity index (χ2v) is 2.87. The predicted octanol–water partition coefficient (Wildman–Crippen LogP) is 0.247. The van der Waals surface area contributed by atoms with Crippen molar-refractivity contribution in [2.24, 2.45) is 7.05 Å². The van der Waals surface area contributed by atoms with Gasteiger partial charge < -0.3 is 14.9 Å². The van der Waals surface area contributed by atoms with Gasteiger partial charge in [0.15, 0.2) is 0 Å². The van der Waals surface area contributed by atoms with Crippen molar-refractivity contribution in [3.8, 4) is 0 Å². The smallest absolute Gasteiger partial charge is 0.200 e. The highest BCUT2D eigenvalue weighted by Crippen LogP contribution is 2.03. The van der Waals surface area contributed by atoms with E-state index in [4.69, 9.17) is 5.73 Å². The Morgan fingerprint density at radius 2 is 2.08 bits per heavy atom. The van der Waals surface area contributed by atoms with E-state index in [9.17, 15) is 0 Å². The number of aryl methyl sites for hydroxylation is 1. The van der Waals surface area contributed by atoms with Gasteiger partial charge in [-0.1, -0.05) is 0 Å². The Morgan fingerprint density at radius 1 is 1.31 bits per heavy atom. The molecule has 2 N–H and O–H groups in total. The fourth-order valence-electron chi connectivity index (χ4n) is 1.18. The lowest BCUT2D eigenvalue weighted by atomic mass is 10.5. The third kappa shape index (κ3) is 1.40. The monoisotopic (exact) mass is 177 g/mol. The van der Waals surface area contributed by atoms with Crippen LogP contribution in [0.4, 0.5) is 5.95 Å². The number of nitrogens with zero attached hydrogens (tertiary/aromatic N) is 4. The maximum absolute atomic E-state index is 5.62. The zero-order valence-corrected chi connectivity index (χ0v) is 7.38. The number of hydrogen-bond donors (Lipinski definition) is 1. The summed E-state index contributed by atoms with van der Waals surface area (Å²) in [5.41, 5.74) is 5.62. The van der Waals surface area contributed by atoms with Gasteiger partial charge in [0.2, 0.25) is 5.95 Å². The minimum atomic E-state index is 0.517. The molecular weight excluding hydrogens is 166 g/mol. The van der Waals surface area contributed by atoms with Crippen LogP contribution in [-0.4, -0.2) is 19.1 Å². The van der Waals surface area contributed by atoms with Crippen LogP contribution in [0.25, 0.3) is 0 Å². The van der Waals surface area contributed by atoms with Gasteiger partial charge in [-0.3, -0.25) is 0 Å². The van der Waals surface area contributed by atoms with Gasteiger partial charge >= 0.3 is 0 Å². The van der Waals surface area contributed by atoms with Crippen molar-refractivity contribution in [2.75, 3.05) is 5.73 Å². The lowest BCUT2D eigenvalue weighted by Crippen LogP contribution is -2.07. The molecule has 0 spiro atoms. The van der Waals surface area contributed by atoms with Crippen LogP contribution in [0, 0.1) is 0 Å². The highest BCUT2D eigenvalue weighted by atomic mass is 15.2. The van der Waals surface area contributed by atoms with E-state index >= 15 is 0 Å². The SMILES string of the molecule is Cn1ccnc1Cn1ccnc1N. The second-order valence-electron chi connectivity index (χ2n) is 2.87. The molecule has 2 aromatic rings. The second kappa shape index (κ2) is 2.93. The molecule has 2 aromatic heterocycles. The van der Waals surface area contributed by atoms with Crippen LogP contribution in [0.15, 0.2) is 24.8 Å². The summed E-state index contributed by atoms with van der Waals surface area (Å²) in [6.07, 6.45) is 7.19. The van der Waals surface area contributed by atoms with Crippen LogP contribution >= 0.6 is 0 Å². The van der Waals surface area contributed by atoms with E-state index in [2.05, 4.69) is 9.97 Å². The summed E-state index contributed by atoms with van der Waals surface area (Å²) >= 11 is 0. The number of anilines is 1. The van der Waals surface area contributed by atoms with E-state index < -0.39 is 0 Å². The van der Waals surface area contributed by atoms with Gasteiger partial charge in [0.05, 0.1) is 6.54 Å². The largest absolute Gasteiger partial charge is 0.369 e. The normalized spacial score (nSPS) is 10.5. The van der Waals surface area contributed by atoms with Crippen LogP contribution in [0.2, 0.25) is 0 Å². The van der Waals surface area contributed by atoms with Crippen molar-refractivity contribution in [3.63, 3.8) is 0 Å². The van der Waals surface area contributed by atoms with E-state index in [1.54, 1.807) is 12.4 Å². The Bertz CT molecular complexity index is 362. The quantitative estimate of drug-likeness (QED) is 0.715. The summed E-state index contributed by atoms with van der Waals surface area (Å²) in [5.74, 6) is 1.48. The standard InChI is InChI=1S/C8H11N5/c1-12-4-2-10-7(12)6-13-5-3-11-8(13)9/h2-5H,6H2,1H3,(H2,9,11). The molecule has 0 amide bonds.